The van der Waals surface area contributed by atoms with Gasteiger partial charge in [-0.25, -0.2) is 4.98 Å². The molecule has 21 heavy (non-hydrogen) atoms. The van der Waals surface area contributed by atoms with Crippen LogP contribution in [0.25, 0.3) is 11.0 Å². The Bertz CT molecular complexity index is 609. The normalized spacial score (nSPS) is 17.0. The molecule has 4 heteroatoms. The van der Waals surface area contributed by atoms with Gasteiger partial charge in [-0.05, 0) is 64.6 Å². The van der Waals surface area contributed by atoms with E-state index >= 15 is 0 Å². The van der Waals surface area contributed by atoms with Crippen LogP contribution in [0.5, 0.6) is 0 Å². The van der Waals surface area contributed by atoms with E-state index in [1.165, 1.54) is 29.7 Å². The molecule has 0 radical (unpaired) electrons. The van der Waals surface area contributed by atoms with E-state index in [4.69, 9.17) is 4.98 Å². The van der Waals surface area contributed by atoms with Gasteiger partial charge in [0.25, 0.3) is 0 Å². The highest BCUT2D eigenvalue weighted by atomic mass is 15.1. The van der Waals surface area contributed by atoms with Crippen molar-refractivity contribution in [1.82, 2.24) is 19.8 Å². The molecule has 1 aromatic carbocycles. The number of fused-ring (bicyclic) bond motifs is 1. The van der Waals surface area contributed by atoms with Crippen LogP contribution >= 0.6 is 0 Å². The number of rotatable bonds is 4. The maximum atomic E-state index is 4.99. The summed E-state index contributed by atoms with van der Waals surface area (Å²) in [5.74, 6) is 1.89. The fourth-order valence-electron chi connectivity index (χ4n) is 3.19. The van der Waals surface area contributed by atoms with Crippen molar-refractivity contribution in [3.63, 3.8) is 0 Å². The Hall–Kier alpha value is -1.39. The lowest BCUT2D eigenvalue weighted by Gasteiger charge is -2.23. The second kappa shape index (κ2) is 6.16. The molecule has 1 aromatic heterocycles. The van der Waals surface area contributed by atoms with Crippen LogP contribution in [0.3, 0.4) is 0 Å². The van der Waals surface area contributed by atoms with E-state index in [-0.39, 0.29) is 0 Å². The Kier molecular flexibility index (Phi) is 4.27. The molecule has 2 heterocycles. The predicted octanol–water partition coefficient (Wildman–Crippen LogP) is 2.37. The van der Waals surface area contributed by atoms with Crippen LogP contribution in [-0.2, 0) is 6.54 Å². The minimum absolute atomic E-state index is 0.598. The van der Waals surface area contributed by atoms with E-state index in [2.05, 4.69) is 54.0 Å². The molecule has 4 nitrogen and oxygen atoms in total. The molecule has 114 valence electrons. The first-order chi connectivity index (χ1) is 10.1. The van der Waals surface area contributed by atoms with E-state index in [0.717, 1.165) is 31.7 Å². The smallest absolute Gasteiger partial charge is 0.113 e. The maximum Gasteiger partial charge on any atom is 0.113 e. The third-order valence-electron chi connectivity index (χ3n) is 4.41. The summed E-state index contributed by atoms with van der Waals surface area (Å²) >= 11 is 0. The van der Waals surface area contributed by atoms with Gasteiger partial charge in [-0.1, -0.05) is 6.07 Å². The summed E-state index contributed by atoms with van der Waals surface area (Å²) in [6.07, 6.45) is 2.40. The van der Waals surface area contributed by atoms with Gasteiger partial charge in [-0.2, -0.15) is 0 Å². The van der Waals surface area contributed by atoms with Crippen LogP contribution in [-0.4, -0.2) is 48.2 Å². The van der Waals surface area contributed by atoms with E-state index in [1.807, 2.05) is 0 Å². The fourth-order valence-corrected chi connectivity index (χ4v) is 3.19. The van der Waals surface area contributed by atoms with Gasteiger partial charge in [-0.15, -0.1) is 0 Å². The number of likely N-dealkylation sites (N-methyl/N-ethyl adjacent to an activating group) is 1. The van der Waals surface area contributed by atoms with Crippen LogP contribution in [0, 0.1) is 6.92 Å². The number of benzene rings is 1. The van der Waals surface area contributed by atoms with Gasteiger partial charge in [0, 0.05) is 19.0 Å². The zero-order chi connectivity index (χ0) is 14.8. The van der Waals surface area contributed by atoms with E-state index in [0.29, 0.717) is 5.92 Å². The van der Waals surface area contributed by atoms with Gasteiger partial charge in [0.05, 0.1) is 11.0 Å². The molecule has 0 saturated carbocycles. The molecule has 0 bridgehead atoms. The highest BCUT2D eigenvalue weighted by Crippen LogP contribution is 2.28. The molecule has 1 aliphatic rings. The van der Waals surface area contributed by atoms with Crippen LogP contribution in [0.2, 0.25) is 0 Å². The Morgan fingerprint density at radius 2 is 2.05 bits per heavy atom. The first-order valence-electron chi connectivity index (χ1n) is 7.97. The van der Waals surface area contributed by atoms with Crippen molar-refractivity contribution in [2.45, 2.75) is 32.2 Å². The third kappa shape index (κ3) is 3.11. The van der Waals surface area contributed by atoms with Gasteiger partial charge in [0.15, 0.2) is 0 Å². The van der Waals surface area contributed by atoms with Gasteiger partial charge in [0.1, 0.15) is 5.82 Å². The quantitative estimate of drug-likeness (QED) is 0.937. The lowest BCUT2D eigenvalue weighted by atomic mass is 9.97. The van der Waals surface area contributed by atoms with Crippen molar-refractivity contribution in [3.05, 3.63) is 29.6 Å². The number of hydrogen-bond acceptors (Lipinski definition) is 3. The molecule has 1 aliphatic heterocycles. The SMILES string of the molecule is Cc1ccc2c(c1)nc(C1CCNCC1)n2CCN(C)C. The number of aromatic nitrogens is 2. The summed E-state index contributed by atoms with van der Waals surface area (Å²) in [7, 11) is 4.26. The first kappa shape index (κ1) is 14.5. The minimum atomic E-state index is 0.598. The molecule has 3 rings (SSSR count). The molecule has 1 saturated heterocycles. The Morgan fingerprint density at radius 1 is 1.29 bits per heavy atom. The number of piperidine rings is 1. The first-order valence-corrected chi connectivity index (χ1v) is 7.97. The lowest BCUT2D eigenvalue weighted by Crippen LogP contribution is -2.29. The summed E-state index contributed by atoms with van der Waals surface area (Å²) in [5, 5.41) is 3.45. The maximum absolute atomic E-state index is 4.99. The number of nitrogens with zero attached hydrogens (tertiary/aromatic N) is 3. The highest BCUT2D eigenvalue weighted by molar-refractivity contribution is 5.77. The Balaban J connectivity index is 2.00. The molecular weight excluding hydrogens is 260 g/mol. The van der Waals surface area contributed by atoms with Gasteiger partial charge >= 0.3 is 0 Å². The zero-order valence-electron chi connectivity index (χ0n) is 13.4. The highest BCUT2D eigenvalue weighted by Gasteiger charge is 2.22. The van der Waals surface area contributed by atoms with Crippen LogP contribution in [0.1, 0.15) is 30.1 Å². The van der Waals surface area contributed by atoms with Gasteiger partial charge in [-0.3, -0.25) is 0 Å². The Morgan fingerprint density at radius 3 is 2.76 bits per heavy atom. The summed E-state index contributed by atoms with van der Waals surface area (Å²) < 4.78 is 2.45. The summed E-state index contributed by atoms with van der Waals surface area (Å²) in [6, 6.07) is 6.65. The van der Waals surface area contributed by atoms with Crippen molar-refractivity contribution in [3.8, 4) is 0 Å². The predicted molar refractivity (Wildman–Crippen MR) is 87.9 cm³/mol. The average Bonchev–Trinajstić information content (AvgIpc) is 2.83. The van der Waals surface area contributed by atoms with Crippen LogP contribution < -0.4 is 5.32 Å². The minimum Gasteiger partial charge on any atom is -0.326 e. The molecule has 0 aliphatic carbocycles. The van der Waals surface area contributed by atoms with Crippen LogP contribution in [0.4, 0.5) is 0 Å². The number of hydrogen-bond donors (Lipinski definition) is 1. The monoisotopic (exact) mass is 286 g/mol. The van der Waals surface area contributed by atoms with Gasteiger partial charge in [0.2, 0.25) is 0 Å². The molecule has 1 fully saturated rings. The zero-order valence-corrected chi connectivity index (χ0v) is 13.4. The standard InChI is InChI=1S/C17H26N4/c1-13-4-5-16-15(12-13)19-17(14-6-8-18-9-7-14)21(16)11-10-20(2)3/h4-5,12,14,18H,6-11H2,1-3H3. The summed E-state index contributed by atoms with van der Waals surface area (Å²) in [5.41, 5.74) is 3.73. The fraction of sp³-hybridized carbons (Fsp3) is 0.588. The van der Waals surface area contributed by atoms with Crippen LogP contribution in [0.15, 0.2) is 18.2 Å². The molecule has 1 N–H and O–H groups in total. The second-order valence-corrected chi connectivity index (χ2v) is 6.44. The lowest BCUT2D eigenvalue weighted by molar-refractivity contribution is 0.372. The van der Waals surface area contributed by atoms with Gasteiger partial charge < -0.3 is 14.8 Å². The molecule has 0 unspecified atom stereocenters. The average molecular weight is 286 g/mol. The number of imidazole rings is 1. The number of nitrogens with one attached hydrogen (secondary N) is 1. The van der Waals surface area contributed by atoms with E-state index < -0.39 is 0 Å². The second-order valence-electron chi connectivity index (χ2n) is 6.44. The van der Waals surface area contributed by atoms with Crippen molar-refractivity contribution >= 4 is 11.0 Å². The number of aryl methyl sites for hydroxylation is 1. The molecule has 0 spiro atoms. The van der Waals surface area contributed by atoms with Crippen molar-refractivity contribution in [1.29, 1.82) is 0 Å². The molecular formula is C17H26N4. The molecule has 0 atom stereocenters. The summed E-state index contributed by atoms with van der Waals surface area (Å²) in [4.78, 5) is 7.23. The van der Waals surface area contributed by atoms with E-state index in [1.54, 1.807) is 0 Å². The van der Waals surface area contributed by atoms with Crippen molar-refractivity contribution in [2.24, 2.45) is 0 Å². The van der Waals surface area contributed by atoms with Crippen molar-refractivity contribution < 1.29 is 0 Å². The molecule has 0 amide bonds. The van der Waals surface area contributed by atoms with Crippen molar-refractivity contribution in [2.75, 3.05) is 33.7 Å². The summed E-state index contributed by atoms with van der Waals surface area (Å²) in [6.45, 7) is 6.44. The Labute approximate surface area is 127 Å². The largest absolute Gasteiger partial charge is 0.326 e. The topological polar surface area (TPSA) is 33.1 Å². The molecule has 2 aromatic rings. The third-order valence-corrected chi connectivity index (χ3v) is 4.41. The van der Waals surface area contributed by atoms with E-state index in [9.17, 15) is 0 Å².